The predicted octanol–water partition coefficient (Wildman–Crippen LogP) is 0.449. The van der Waals surface area contributed by atoms with Gasteiger partial charge in [-0.2, -0.15) is 0 Å². The second-order valence-electron chi connectivity index (χ2n) is 4.30. The lowest BCUT2D eigenvalue weighted by molar-refractivity contribution is -0.143. The molecule has 0 radical (unpaired) electrons. The van der Waals surface area contributed by atoms with Gasteiger partial charge >= 0.3 is 5.97 Å². The summed E-state index contributed by atoms with van der Waals surface area (Å²) >= 11 is 0. The summed E-state index contributed by atoms with van der Waals surface area (Å²) in [6.45, 7) is 0.832. The summed E-state index contributed by atoms with van der Waals surface area (Å²) in [7, 11) is 0. The van der Waals surface area contributed by atoms with E-state index in [1.165, 1.54) is 0 Å². The molecule has 2 fully saturated rings. The zero-order valence-electron chi connectivity index (χ0n) is 8.22. The highest BCUT2D eigenvalue weighted by atomic mass is 16.4. The molecule has 0 spiro atoms. The number of aliphatic hydroxyl groups is 1. The van der Waals surface area contributed by atoms with E-state index in [2.05, 4.69) is 0 Å². The molecule has 0 aromatic heterocycles. The Morgan fingerprint density at radius 3 is 2.57 bits per heavy atom. The Hall–Kier alpha value is -0.610. The summed E-state index contributed by atoms with van der Waals surface area (Å²) < 4.78 is 0. The Bertz CT molecular complexity index is 231. The van der Waals surface area contributed by atoms with E-state index in [-0.39, 0.29) is 18.2 Å². The van der Waals surface area contributed by atoms with Crippen LogP contribution in [0.3, 0.4) is 0 Å². The summed E-state index contributed by atoms with van der Waals surface area (Å²) in [6.07, 6.45) is 4.17. The third-order valence-corrected chi connectivity index (χ3v) is 3.45. The van der Waals surface area contributed by atoms with Crippen LogP contribution in [-0.4, -0.2) is 45.8 Å². The van der Waals surface area contributed by atoms with E-state index >= 15 is 0 Å². The third kappa shape index (κ3) is 1.64. The zero-order valence-corrected chi connectivity index (χ0v) is 8.22. The number of rotatable bonds is 2. The lowest BCUT2D eigenvalue weighted by Gasteiger charge is -2.30. The molecule has 4 heteroatoms. The molecular weight excluding hydrogens is 182 g/mol. The minimum Gasteiger partial charge on any atom is -0.480 e. The number of aliphatic hydroxyl groups excluding tert-OH is 1. The first-order valence-corrected chi connectivity index (χ1v) is 5.37. The van der Waals surface area contributed by atoms with Crippen LogP contribution in [0, 0.1) is 0 Å². The number of nitrogens with zero attached hydrogens (tertiary/aromatic N) is 1. The maximum atomic E-state index is 11.0. The fourth-order valence-electron chi connectivity index (χ4n) is 2.76. The van der Waals surface area contributed by atoms with Crippen molar-refractivity contribution in [3.05, 3.63) is 0 Å². The summed E-state index contributed by atoms with van der Waals surface area (Å²) in [4.78, 5) is 12.9. The molecule has 2 rings (SSSR count). The fourth-order valence-corrected chi connectivity index (χ4v) is 2.76. The van der Waals surface area contributed by atoms with Gasteiger partial charge in [-0.15, -0.1) is 0 Å². The molecular formula is C10H17NO3. The smallest absolute Gasteiger partial charge is 0.320 e. The average Bonchev–Trinajstić information content (AvgIpc) is 2.70. The molecule has 0 aromatic carbocycles. The second-order valence-corrected chi connectivity index (χ2v) is 4.30. The first-order valence-electron chi connectivity index (χ1n) is 5.37. The summed E-state index contributed by atoms with van der Waals surface area (Å²) in [5.74, 6) is -0.735. The van der Waals surface area contributed by atoms with Crippen molar-refractivity contribution >= 4 is 5.97 Å². The number of hydrogen-bond donors (Lipinski definition) is 2. The SMILES string of the molecule is O=C(O)C1CCCN1C1CCCC1O. The topological polar surface area (TPSA) is 60.8 Å². The fraction of sp³-hybridized carbons (Fsp3) is 0.900. The van der Waals surface area contributed by atoms with E-state index in [0.29, 0.717) is 0 Å². The van der Waals surface area contributed by atoms with Gasteiger partial charge < -0.3 is 10.2 Å². The molecule has 1 heterocycles. The summed E-state index contributed by atoms with van der Waals surface area (Å²) in [5, 5.41) is 18.7. The van der Waals surface area contributed by atoms with Crippen molar-refractivity contribution in [3.63, 3.8) is 0 Å². The standard InChI is InChI=1S/C10H17NO3/c12-9-5-1-3-7(9)11-6-2-4-8(11)10(13)14/h7-9,12H,1-6H2,(H,13,14). The van der Waals surface area contributed by atoms with Crippen molar-refractivity contribution < 1.29 is 15.0 Å². The first-order chi connectivity index (χ1) is 6.70. The van der Waals surface area contributed by atoms with E-state index in [1.54, 1.807) is 0 Å². The second kappa shape index (κ2) is 3.87. The molecule has 1 saturated carbocycles. The molecule has 2 aliphatic rings. The average molecular weight is 199 g/mol. The Labute approximate surface area is 83.5 Å². The molecule has 80 valence electrons. The van der Waals surface area contributed by atoms with Crippen LogP contribution in [-0.2, 0) is 4.79 Å². The highest BCUT2D eigenvalue weighted by molar-refractivity contribution is 5.73. The number of carboxylic acid groups (broad SMARTS) is 1. The van der Waals surface area contributed by atoms with Gasteiger partial charge in [0.15, 0.2) is 0 Å². The maximum Gasteiger partial charge on any atom is 0.320 e. The van der Waals surface area contributed by atoms with Gasteiger partial charge in [-0.1, -0.05) is 0 Å². The molecule has 4 nitrogen and oxygen atoms in total. The molecule has 3 unspecified atom stereocenters. The normalized spacial score (nSPS) is 39.1. The highest BCUT2D eigenvalue weighted by Crippen LogP contribution is 2.30. The van der Waals surface area contributed by atoms with E-state index in [0.717, 1.165) is 38.6 Å². The van der Waals surface area contributed by atoms with Gasteiger partial charge in [0.2, 0.25) is 0 Å². The Kier molecular flexibility index (Phi) is 2.74. The van der Waals surface area contributed by atoms with Crippen molar-refractivity contribution in [3.8, 4) is 0 Å². The third-order valence-electron chi connectivity index (χ3n) is 3.45. The largest absolute Gasteiger partial charge is 0.480 e. The zero-order chi connectivity index (χ0) is 10.1. The van der Waals surface area contributed by atoms with Crippen LogP contribution in [0.1, 0.15) is 32.1 Å². The number of carboxylic acids is 1. The number of likely N-dealkylation sites (tertiary alicyclic amines) is 1. The van der Waals surface area contributed by atoms with Crippen molar-refractivity contribution in [2.45, 2.75) is 50.3 Å². The van der Waals surface area contributed by atoms with Crippen LogP contribution in [0.25, 0.3) is 0 Å². The van der Waals surface area contributed by atoms with Crippen LogP contribution in [0.15, 0.2) is 0 Å². The van der Waals surface area contributed by atoms with Gasteiger partial charge in [0.25, 0.3) is 0 Å². The van der Waals surface area contributed by atoms with Gasteiger partial charge in [0.05, 0.1) is 6.10 Å². The van der Waals surface area contributed by atoms with Gasteiger partial charge in [-0.05, 0) is 38.6 Å². The van der Waals surface area contributed by atoms with E-state index < -0.39 is 5.97 Å². The van der Waals surface area contributed by atoms with Gasteiger partial charge in [-0.3, -0.25) is 9.69 Å². The highest BCUT2D eigenvalue weighted by Gasteiger charge is 2.39. The first kappa shape index (κ1) is 9.93. The van der Waals surface area contributed by atoms with Crippen molar-refractivity contribution in [1.29, 1.82) is 0 Å². The van der Waals surface area contributed by atoms with Gasteiger partial charge in [-0.25, -0.2) is 0 Å². The van der Waals surface area contributed by atoms with E-state index in [4.69, 9.17) is 5.11 Å². The lowest BCUT2D eigenvalue weighted by Crippen LogP contribution is -2.46. The molecule has 3 atom stereocenters. The molecule has 1 saturated heterocycles. The van der Waals surface area contributed by atoms with Crippen LogP contribution in [0.4, 0.5) is 0 Å². The van der Waals surface area contributed by atoms with E-state index in [1.807, 2.05) is 4.90 Å². The monoisotopic (exact) mass is 199 g/mol. The Balaban J connectivity index is 2.05. The van der Waals surface area contributed by atoms with Gasteiger partial charge in [0.1, 0.15) is 6.04 Å². The number of carbonyl (C=O) groups is 1. The quantitative estimate of drug-likeness (QED) is 0.678. The number of hydrogen-bond acceptors (Lipinski definition) is 3. The lowest BCUT2D eigenvalue weighted by atomic mass is 10.1. The molecule has 0 bridgehead atoms. The molecule has 1 aliphatic carbocycles. The van der Waals surface area contributed by atoms with Gasteiger partial charge in [0, 0.05) is 6.04 Å². The van der Waals surface area contributed by atoms with Crippen molar-refractivity contribution in [2.75, 3.05) is 6.54 Å². The summed E-state index contributed by atoms with van der Waals surface area (Å²) in [6, 6.07) is -0.258. The van der Waals surface area contributed by atoms with Crippen LogP contribution in [0.2, 0.25) is 0 Å². The molecule has 0 aromatic rings. The Morgan fingerprint density at radius 2 is 2.00 bits per heavy atom. The summed E-state index contributed by atoms with van der Waals surface area (Å²) in [5.41, 5.74) is 0. The van der Waals surface area contributed by atoms with Crippen LogP contribution >= 0.6 is 0 Å². The van der Waals surface area contributed by atoms with Crippen LogP contribution in [0.5, 0.6) is 0 Å². The molecule has 14 heavy (non-hydrogen) atoms. The maximum absolute atomic E-state index is 11.0. The molecule has 1 aliphatic heterocycles. The molecule has 2 N–H and O–H groups in total. The van der Waals surface area contributed by atoms with Crippen LogP contribution < -0.4 is 0 Å². The predicted molar refractivity (Wildman–Crippen MR) is 51.0 cm³/mol. The molecule has 0 amide bonds. The minimum absolute atomic E-state index is 0.0959. The Morgan fingerprint density at radius 1 is 1.21 bits per heavy atom. The van der Waals surface area contributed by atoms with E-state index in [9.17, 15) is 9.90 Å². The van der Waals surface area contributed by atoms with Crippen molar-refractivity contribution in [1.82, 2.24) is 4.90 Å². The van der Waals surface area contributed by atoms with Crippen molar-refractivity contribution in [2.24, 2.45) is 0 Å². The number of aliphatic carboxylic acids is 1. The minimum atomic E-state index is -0.735.